The molecule has 1 aromatic rings. The summed E-state index contributed by atoms with van der Waals surface area (Å²) in [5.41, 5.74) is 8.63. The number of aromatic nitrogens is 1. The molecule has 1 saturated carbocycles. The van der Waals surface area contributed by atoms with Gasteiger partial charge in [-0.15, -0.1) is 0 Å². The molecule has 0 radical (unpaired) electrons. The third-order valence-corrected chi connectivity index (χ3v) is 5.63. The molecule has 21 heavy (non-hydrogen) atoms. The van der Waals surface area contributed by atoms with Gasteiger partial charge in [0.25, 0.3) is 0 Å². The summed E-state index contributed by atoms with van der Waals surface area (Å²) in [5, 5.41) is 0. The van der Waals surface area contributed by atoms with Crippen LogP contribution >= 0.6 is 12.2 Å². The van der Waals surface area contributed by atoms with Gasteiger partial charge in [-0.1, -0.05) is 31.5 Å². The first-order chi connectivity index (χ1) is 10.1. The molecule has 114 valence electrons. The van der Waals surface area contributed by atoms with Crippen LogP contribution in [-0.2, 0) is 0 Å². The lowest BCUT2D eigenvalue weighted by atomic mass is 9.68. The van der Waals surface area contributed by atoms with E-state index in [1.807, 2.05) is 12.3 Å². The summed E-state index contributed by atoms with van der Waals surface area (Å²) < 4.78 is 0. The fourth-order valence-electron chi connectivity index (χ4n) is 4.08. The molecule has 4 heteroatoms. The molecule has 0 aromatic carbocycles. The zero-order chi connectivity index (χ0) is 14.9. The molecule has 1 aliphatic heterocycles. The number of pyridine rings is 1. The lowest BCUT2D eigenvalue weighted by Crippen LogP contribution is -2.42. The maximum Gasteiger partial charge on any atom is 0.139 e. The Labute approximate surface area is 132 Å². The van der Waals surface area contributed by atoms with Crippen LogP contribution in [0.15, 0.2) is 12.3 Å². The van der Waals surface area contributed by atoms with Gasteiger partial charge < -0.3 is 10.6 Å². The van der Waals surface area contributed by atoms with Crippen LogP contribution in [0.2, 0.25) is 0 Å². The lowest BCUT2D eigenvalue weighted by Gasteiger charge is -2.45. The van der Waals surface area contributed by atoms with Crippen LogP contribution in [0, 0.1) is 12.3 Å². The van der Waals surface area contributed by atoms with Gasteiger partial charge in [-0.25, -0.2) is 4.98 Å². The highest BCUT2D eigenvalue weighted by Crippen LogP contribution is 2.45. The summed E-state index contributed by atoms with van der Waals surface area (Å²) in [6.45, 7) is 4.24. The summed E-state index contributed by atoms with van der Waals surface area (Å²) in [7, 11) is 0. The van der Waals surface area contributed by atoms with Crippen molar-refractivity contribution in [2.45, 2.75) is 51.9 Å². The van der Waals surface area contributed by atoms with E-state index in [-0.39, 0.29) is 0 Å². The maximum atomic E-state index is 5.92. The topological polar surface area (TPSA) is 42.2 Å². The minimum Gasteiger partial charge on any atom is -0.389 e. The van der Waals surface area contributed by atoms with E-state index in [9.17, 15) is 0 Å². The molecule has 2 N–H and O–H groups in total. The molecule has 0 bridgehead atoms. The fraction of sp³-hybridized carbons (Fsp3) is 0.647. The first-order valence-corrected chi connectivity index (χ1v) is 8.53. The first-order valence-electron chi connectivity index (χ1n) is 8.12. The van der Waals surface area contributed by atoms with Crippen molar-refractivity contribution < 1.29 is 0 Å². The van der Waals surface area contributed by atoms with Crippen molar-refractivity contribution in [3.63, 3.8) is 0 Å². The molecule has 0 unspecified atom stereocenters. The Morgan fingerprint density at radius 2 is 1.86 bits per heavy atom. The Hall–Kier alpha value is -1.16. The highest BCUT2D eigenvalue weighted by molar-refractivity contribution is 7.80. The lowest BCUT2D eigenvalue weighted by molar-refractivity contribution is 0.144. The third kappa shape index (κ3) is 2.91. The van der Waals surface area contributed by atoms with Gasteiger partial charge in [-0.05, 0) is 49.7 Å². The molecule has 1 aliphatic carbocycles. The minimum atomic E-state index is 0.466. The molecular formula is C17H25N3S. The molecule has 1 spiro atoms. The summed E-state index contributed by atoms with van der Waals surface area (Å²) in [5.74, 6) is 0.994. The molecule has 1 saturated heterocycles. The number of thiocarbonyl (C=S) groups is 1. The predicted octanol–water partition coefficient (Wildman–Crippen LogP) is 3.57. The highest BCUT2D eigenvalue weighted by atomic mass is 32.1. The second-order valence-corrected chi connectivity index (χ2v) is 7.18. The van der Waals surface area contributed by atoms with Gasteiger partial charge in [-0.2, -0.15) is 0 Å². The minimum absolute atomic E-state index is 0.466. The molecule has 0 amide bonds. The van der Waals surface area contributed by atoms with Crippen LogP contribution in [0.1, 0.15) is 56.1 Å². The average Bonchev–Trinajstić information content (AvgIpc) is 2.48. The number of hydrogen-bond donors (Lipinski definition) is 1. The Balaban J connectivity index is 1.78. The van der Waals surface area contributed by atoms with Crippen molar-refractivity contribution in [1.29, 1.82) is 0 Å². The molecule has 3 nitrogen and oxygen atoms in total. The van der Waals surface area contributed by atoms with E-state index in [0.717, 1.165) is 30.0 Å². The fourth-order valence-corrected chi connectivity index (χ4v) is 4.34. The maximum absolute atomic E-state index is 5.92. The number of nitrogens with zero attached hydrogens (tertiary/aromatic N) is 2. The third-order valence-electron chi connectivity index (χ3n) is 5.42. The van der Waals surface area contributed by atoms with Crippen molar-refractivity contribution in [3.8, 4) is 0 Å². The van der Waals surface area contributed by atoms with E-state index in [0.29, 0.717) is 10.4 Å². The van der Waals surface area contributed by atoms with Crippen LogP contribution in [0.25, 0.3) is 0 Å². The van der Waals surface area contributed by atoms with Gasteiger partial charge in [0.1, 0.15) is 10.8 Å². The zero-order valence-corrected chi connectivity index (χ0v) is 13.7. The predicted molar refractivity (Wildman–Crippen MR) is 91.8 cm³/mol. The Kier molecular flexibility index (Phi) is 4.16. The van der Waals surface area contributed by atoms with Crippen molar-refractivity contribution in [2.75, 3.05) is 18.0 Å². The Morgan fingerprint density at radius 3 is 2.48 bits per heavy atom. The smallest absolute Gasteiger partial charge is 0.139 e. The molecule has 3 rings (SSSR count). The van der Waals surface area contributed by atoms with Crippen LogP contribution in [0.5, 0.6) is 0 Å². The standard InChI is InChI=1S/C17H25N3S/c1-13-5-10-19-16(14(13)15(18)21)20-11-8-17(9-12-20)6-3-2-4-7-17/h5,10H,2-4,6-9,11-12H2,1H3,(H2,18,21). The van der Waals surface area contributed by atoms with Crippen molar-refractivity contribution in [2.24, 2.45) is 11.1 Å². The number of anilines is 1. The quantitative estimate of drug-likeness (QED) is 0.848. The van der Waals surface area contributed by atoms with E-state index in [4.69, 9.17) is 18.0 Å². The molecule has 1 aromatic heterocycles. The SMILES string of the molecule is Cc1ccnc(N2CCC3(CCCCC3)CC2)c1C(N)=S. The van der Waals surface area contributed by atoms with Crippen LogP contribution in [0.4, 0.5) is 5.82 Å². The summed E-state index contributed by atoms with van der Waals surface area (Å²) in [4.78, 5) is 7.43. The molecule has 2 aliphatic rings. The van der Waals surface area contributed by atoms with E-state index in [1.165, 1.54) is 44.9 Å². The zero-order valence-electron chi connectivity index (χ0n) is 12.9. The van der Waals surface area contributed by atoms with Gasteiger partial charge in [0.15, 0.2) is 0 Å². The number of nitrogens with two attached hydrogens (primary N) is 1. The largest absolute Gasteiger partial charge is 0.389 e. The van der Waals surface area contributed by atoms with Crippen LogP contribution in [0.3, 0.4) is 0 Å². The number of aryl methyl sites for hydroxylation is 1. The van der Waals surface area contributed by atoms with Gasteiger partial charge in [0.05, 0.1) is 5.56 Å². The van der Waals surface area contributed by atoms with Crippen molar-refractivity contribution in [3.05, 3.63) is 23.4 Å². The first kappa shape index (κ1) is 14.8. The van der Waals surface area contributed by atoms with E-state index in [1.54, 1.807) is 0 Å². The van der Waals surface area contributed by atoms with Crippen molar-refractivity contribution >= 4 is 23.0 Å². The number of hydrogen-bond acceptors (Lipinski definition) is 3. The highest BCUT2D eigenvalue weighted by Gasteiger charge is 2.36. The Bertz CT molecular complexity index is 525. The van der Waals surface area contributed by atoms with Crippen LogP contribution in [-0.4, -0.2) is 23.1 Å². The average molecular weight is 303 g/mol. The van der Waals surface area contributed by atoms with E-state index < -0.39 is 0 Å². The van der Waals surface area contributed by atoms with E-state index in [2.05, 4.69) is 16.8 Å². The summed E-state index contributed by atoms with van der Waals surface area (Å²) >= 11 is 5.24. The monoisotopic (exact) mass is 303 g/mol. The van der Waals surface area contributed by atoms with Crippen LogP contribution < -0.4 is 10.6 Å². The summed E-state index contributed by atoms with van der Waals surface area (Å²) in [6.07, 6.45) is 11.6. The van der Waals surface area contributed by atoms with Crippen molar-refractivity contribution in [1.82, 2.24) is 4.98 Å². The van der Waals surface area contributed by atoms with Gasteiger partial charge in [-0.3, -0.25) is 0 Å². The molecule has 2 fully saturated rings. The second kappa shape index (κ2) is 5.91. The van der Waals surface area contributed by atoms with Gasteiger partial charge in [0.2, 0.25) is 0 Å². The van der Waals surface area contributed by atoms with Gasteiger partial charge in [0, 0.05) is 19.3 Å². The second-order valence-electron chi connectivity index (χ2n) is 6.74. The number of piperidine rings is 1. The molecule has 0 atom stereocenters. The Morgan fingerprint density at radius 1 is 1.19 bits per heavy atom. The molecular weight excluding hydrogens is 278 g/mol. The normalized spacial score (nSPS) is 21.5. The number of rotatable bonds is 2. The summed E-state index contributed by atoms with van der Waals surface area (Å²) in [6, 6.07) is 1.99. The molecule has 2 heterocycles. The van der Waals surface area contributed by atoms with Gasteiger partial charge >= 0.3 is 0 Å². The van der Waals surface area contributed by atoms with E-state index >= 15 is 0 Å².